The zero-order valence-corrected chi connectivity index (χ0v) is 32.9. The van der Waals surface area contributed by atoms with Crippen molar-refractivity contribution in [1.29, 1.82) is 0 Å². The van der Waals surface area contributed by atoms with Gasteiger partial charge in [0.25, 0.3) is 0 Å². The van der Waals surface area contributed by atoms with Gasteiger partial charge in [0.15, 0.2) is 0 Å². The molecule has 0 bridgehead atoms. The predicted octanol–water partition coefficient (Wildman–Crippen LogP) is 15.2. The Labute approximate surface area is 343 Å². The van der Waals surface area contributed by atoms with Gasteiger partial charge in [0.05, 0.1) is 22.8 Å². The molecule has 0 N–H and O–H groups in total. The van der Waals surface area contributed by atoms with Crippen molar-refractivity contribution >= 4 is 22.0 Å². The van der Waals surface area contributed by atoms with Crippen LogP contribution in [0.5, 0.6) is 0 Å². The lowest BCUT2D eigenvalue weighted by atomic mass is 9.97. The van der Waals surface area contributed by atoms with Crippen molar-refractivity contribution in [2.24, 2.45) is 0 Å². The molecular formula is C54H39BrN2. The summed E-state index contributed by atoms with van der Waals surface area (Å²) in [5.41, 5.74) is 16.6. The van der Waals surface area contributed by atoms with Crippen LogP contribution in [0.1, 0.15) is 5.56 Å². The van der Waals surface area contributed by atoms with Crippen LogP contribution in [0.3, 0.4) is 0 Å². The maximum Gasteiger partial charge on any atom is 0.0715 e. The van der Waals surface area contributed by atoms with Gasteiger partial charge in [-0.25, -0.2) is 9.97 Å². The summed E-state index contributed by atoms with van der Waals surface area (Å²) in [7, 11) is 0. The monoisotopic (exact) mass is 794 g/mol. The SMILES string of the molecule is Brc1ccc(-c2cc(-c3ccccc3)nc(-c3ccccc3)c2)cc1.C=Cc1ccc(-c2ccc(-c3cc(-c4ccccc4)nc(-c4ccccc4)c3)cc2)cc1. The smallest absolute Gasteiger partial charge is 0.0715 e. The lowest BCUT2D eigenvalue weighted by Gasteiger charge is -2.11. The Morgan fingerprint density at radius 1 is 0.298 bits per heavy atom. The molecule has 7 aromatic carbocycles. The minimum absolute atomic E-state index is 0.978. The van der Waals surface area contributed by atoms with Crippen molar-refractivity contribution in [1.82, 2.24) is 9.97 Å². The highest BCUT2D eigenvalue weighted by Crippen LogP contribution is 2.33. The van der Waals surface area contributed by atoms with Crippen LogP contribution >= 0.6 is 15.9 Å². The summed E-state index contributed by atoms with van der Waals surface area (Å²) >= 11 is 3.51. The summed E-state index contributed by atoms with van der Waals surface area (Å²) < 4.78 is 1.08. The van der Waals surface area contributed by atoms with Gasteiger partial charge < -0.3 is 0 Å². The van der Waals surface area contributed by atoms with Gasteiger partial charge in [-0.15, -0.1) is 0 Å². The van der Waals surface area contributed by atoms with E-state index >= 15 is 0 Å². The van der Waals surface area contributed by atoms with E-state index in [9.17, 15) is 0 Å². The Hall–Kier alpha value is -6.94. The van der Waals surface area contributed by atoms with Crippen molar-refractivity contribution in [2.45, 2.75) is 0 Å². The van der Waals surface area contributed by atoms with Crippen LogP contribution in [0, 0.1) is 0 Å². The molecule has 272 valence electrons. The normalized spacial score (nSPS) is 10.6. The number of halogens is 1. The van der Waals surface area contributed by atoms with Gasteiger partial charge in [0, 0.05) is 26.7 Å². The second kappa shape index (κ2) is 17.7. The van der Waals surface area contributed by atoms with Gasteiger partial charge >= 0.3 is 0 Å². The molecule has 0 unspecified atom stereocenters. The van der Waals surface area contributed by atoms with E-state index in [1.54, 1.807) is 0 Å². The minimum Gasteiger partial charge on any atom is -0.248 e. The number of hydrogen-bond acceptors (Lipinski definition) is 2. The highest BCUT2D eigenvalue weighted by Gasteiger charge is 2.11. The Balaban J connectivity index is 0.000000165. The average Bonchev–Trinajstić information content (AvgIpc) is 3.30. The quantitative estimate of drug-likeness (QED) is 0.153. The number of aromatic nitrogens is 2. The highest BCUT2D eigenvalue weighted by atomic mass is 79.9. The number of pyridine rings is 2. The molecule has 0 spiro atoms. The third-order valence-electron chi connectivity index (χ3n) is 9.80. The van der Waals surface area contributed by atoms with E-state index in [0.29, 0.717) is 0 Å². The summed E-state index contributed by atoms with van der Waals surface area (Å²) in [6.45, 7) is 3.83. The number of benzene rings is 7. The molecule has 0 atom stereocenters. The number of rotatable bonds is 8. The fraction of sp³-hybridized carbons (Fsp3) is 0. The molecule has 0 fully saturated rings. The van der Waals surface area contributed by atoms with Crippen LogP contribution in [0.15, 0.2) is 229 Å². The lowest BCUT2D eigenvalue weighted by Crippen LogP contribution is -1.91. The molecule has 0 aliphatic rings. The van der Waals surface area contributed by atoms with E-state index in [1.807, 2.05) is 54.6 Å². The molecule has 0 aliphatic carbocycles. The molecule has 2 heterocycles. The van der Waals surface area contributed by atoms with Crippen LogP contribution in [0.4, 0.5) is 0 Å². The average molecular weight is 796 g/mol. The van der Waals surface area contributed by atoms with Crippen molar-refractivity contribution in [3.63, 3.8) is 0 Å². The maximum absolute atomic E-state index is 4.97. The molecule has 2 nitrogen and oxygen atoms in total. The summed E-state index contributed by atoms with van der Waals surface area (Å²) in [5, 5.41) is 0. The van der Waals surface area contributed by atoms with Gasteiger partial charge in [0.1, 0.15) is 0 Å². The first-order chi connectivity index (χ1) is 28.1. The van der Waals surface area contributed by atoms with E-state index in [0.717, 1.165) is 60.6 Å². The topological polar surface area (TPSA) is 25.8 Å². The van der Waals surface area contributed by atoms with Crippen molar-refractivity contribution in [3.05, 3.63) is 235 Å². The number of hydrogen-bond donors (Lipinski definition) is 0. The molecule has 0 amide bonds. The van der Waals surface area contributed by atoms with Crippen molar-refractivity contribution < 1.29 is 0 Å². The largest absolute Gasteiger partial charge is 0.248 e. The first kappa shape index (κ1) is 37.0. The van der Waals surface area contributed by atoms with E-state index in [1.165, 1.54) is 27.8 Å². The molecule has 57 heavy (non-hydrogen) atoms. The molecular weight excluding hydrogens is 757 g/mol. The van der Waals surface area contributed by atoms with Crippen LogP contribution in [0.2, 0.25) is 0 Å². The van der Waals surface area contributed by atoms with Gasteiger partial charge in [-0.3, -0.25) is 0 Å². The van der Waals surface area contributed by atoms with Crippen molar-refractivity contribution in [3.8, 4) is 78.4 Å². The molecule has 0 aliphatic heterocycles. The highest BCUT2D eigenvalue weighted by molar-refractivity contribution is 9.10. The van der Waals surface area contributed by atoms with E-state index in [2.05, 4.69) is 192 Å². The van der Waals surface area contributed by atoms with Gasteiger partial charge in [0.2, 0.25) is 0 Å². The first-order valence-electron chi connectivity index (χ1n) is 18.9. The molecule has 3 heteroatoms. The Bertz CT molecular complexity index is 2580. The summed E-state index contributed by atoms with van der Waals surface area (Å²) in [6.07, 6.45) is 1.87. The van der Waals surface area contributed by atoms with Gasteiger partial charge in [-0.2, -0.15) is 0 Å². The molecule has 0 radical (unpaired) electrons. The van der Waals surface area contributed by atoms with E-state index in [-0.39, 0.29) is 0 Å². The molecule has 0 saturated heterocycles. The number of nitrogens with zero attached hydrogens (tertiary/aromatic N) is 2. The summed E-state index contributed by atoms with van der Waals surface area (Å²) in [4.78, 5) is 9.88. The Morgan fingerprint density at radius 3 is 0.860 bits per heavy atom. The van der Waals surface area contributed by atoms with Crippen LogP contribution in [-0.4, -0.2) is 9.97 Å². The summed E-state index contributed by atoms with van der Waals surface area (Å²) in [5.74, 6) is 0. The minimum atomic E-state index is 0.978. The second-order valence-corrected chi connectivity index (χ2v) is 14.5. The van der Waals surface area contributed by atoms with Gasteiger partial charge in [-0.1, -0.05) is 211 Å². The zero-order valence-electron chi connectivity index (χ0n) is 31.3. The first-order valence-corrected chi connectivity index (χ1v) is 19.7. The second-order valence-electron chi connectivity index (χ2n) is 13.6. The maximum atomic E-state index is 4.97. The zero-order chi connectivity index (χ0) is 38.8. The third-order valence-corrected chi connectivity index (χ3v) is 10.3. The lowest BCUT2D eigenvalue weighted by molar-refractivity contribution is 1.32. The molecule has 2 aromatic heterocycles. The molecule has 0 saturated carbocycles. The van der Waals surface area contributed by atoms with Crippen LogP contribution in [0.25, 0.3) is 84.5 Å². The molecule has 9 aromatic rings. The van der Waals surface area contributed by atoms with E-state index in [4.69, 9.17) is 9.97 Å². The van der Waals surface area contributed by atoms with Crippen molar-refractivity contribution in [2.75, 3.05) is 0 Å². The van der Waals surface area contributed by atoms with Crippen LogP contribution in [-0.2, 0) is 0 Å². The fourth-order valence-corrected chi connectivity index (χ4v) is 7.00. The third kappa shape index (κ3) is 9.13. The Kier molecular flexibility index (Phi) is 11.5. The van der Waals surface area contributed by atoms with Crippen LogP contribution < -0.4 is 0 Å². The standard InChI is InChI=1S/C31H23N.C23H16BrN/c1-2-23-13-15-24(16-14-23)25-17-19-26(20-18-25)29-21-30(27-9-5-3-6-10-27)32-31(22-29)28-11-7-4-8-12-28;24-21-13-11-17(12-14-21)20-15-22(18-7-3-1-4-8-18)25-23(16-20)19-9-5-2-6-10-19/h2-22H,1H2;1-16H. The molecule has 9 rings (SSSR count). The van der Waals surface area contributed by atoms with Gasteiger partial charge in [-0.05, 0) is 75.3 Å². The fourth-order valence-electron chi connectivity index (χ4n) is 6.73. The summed E-state index contributed by atoms with van der Waals surface area (Å²) in [6, 6.07) is 75.6. The Morgan fingerprint density at radius 2 is 0.561 bits per heavy atom. The predicted molar refractivity (Wildman–Crippen MR) is 244 cm³/mol. The van der Waals surface area contributed by atoms with E-state index < -0.39 is 0 Å².